The highest BCUT2D eigenvalue weighted by Crippen LogP contribution is 2.22. The van der Waals surface area contributed by atoms with Crippen molar-refractivity contribution in [3.63, 3.8) is 0 Å². The van der Waals surface area contributed by atoms with Crippen LogP contribution in [0, 0.1) is 0 Å². The molecule has 2 N–H and O–H groups in total. The summed E-state index contributed by atoms with van der Waals surface area (Å²) in [6.07, 6.45) is 0.660. The Labute approximate surface area is 110 Å². The lowest BCUT2D eigenvalue weighted by Gasteiger charge is -2.36. The summed E-state index contributed by atoms with van der Waals surface area (Å²) in [6, 6.07) is -0.264. The number of urea groups is 1. The van der Waals surface area contributed by atoms with Crippen LogP contribution in [0.1, 0.15) is 12.8 Å². The van der Waals surface area contributed by atoms with Crippen molar-refractivity contribution in [1.82, 2.24) is 10.2 Å². The highest BCUT2D eigenvalue weighted by molar-refractivity contribution is 7.99. The summed E-state index contributed by atoms with van der Waals surface area (Å²) >= 11 is 1.81. The van der Waals surface area contributed by atoms with Crippen molar-refractivity contribution in [2.24, 2.45) is 0 Å². The monoisotopic (exact) mass is 274 g/mol. The largest absolute Gasteiger partial charge is 0.480 e. The van der Waals surface area contributed by atoms with Crippen molar-refractivity contribution in [3.8, 4) is 0 Å². The van der Waals surface area contributed by atoms with Gasteiger partial charge in [0.25, 0.3) is 0 Å². The molecule has 0 aromatic rings. The van der Waals surface area contributed by atoms with Gasteiger partial charge < -0.3 is 20.1 Å². The molecule has 2 amide bonds. The van der Waals surface area contributed by atoms with Crippen molar-refractivity contribution >= 4 is 23.8 Å². The molecule has 0 bridgehead atoms. The van der Waals surface area contributed by atoms with Gasteiger partial charge in [0.2, 0.25) is 0 Å². The zero-order valence-corrected chi connectivity index (χ0v) is 11.0. The first-order valence-electron chi connectivity index (χ1n) is 6.10. The van der Waals surface area contributed by atoms with Crippen molar-refractivity contribution in [2.75, 3.05) is 37.8 Å². The summed E-state index contributed by atoms with van der Waals surface area (Å²) in [5.41, 5.74) is -1.15. The molecule has 2 fully saturated rings. The third-order valence-corrected chi connectivity index (χ3v) is 4.34. The van der Waals surface area contributed by atoms with E-state index in [4.69, 9.17) is 4.74 Å². The van der Waals surface area contributed by atoms with Gasteiger partial charge in [0.1, 0.15) is 5.54 Å². The van der Waals surface area contributed by atoms with Gasteiger partial charge in [0.15, 0.2) is 0 Å². The van der Waals surface area contributed by atoms with Gasteiger partial charge in [0.05, 0.1) is 0 Å². The number of hydrogen-bond donors (Lipinski definition) is 2. The van der Waals surface area contributed by atoms with E-state index < -0.39 is 11.5 Å². The number of thioether (sulfide) groups is 1. The van der Waals surface area contributed by atoms with Gasteiger partial charge in [-0.3, -0.25) is 0 Å². The number of rotatable bonds is 2. The van der Waals surface area contributed by atoms with Crippen molar-refractivity contribution in [1.29, 1.82) is 0 Å². The van der Waals surface area contributed by atoms with E-state index in [1.165, 1.54) is 0 Å². The zero-order valence-electron chi connectivity index (χ0n) is 10.2. The number of nitrogens with one attached hydrogen (secondary N) is 1. The van der Waals surface area contributed by atoms with Crippen LogP contribution in [-0.4, -0.2) is 65.4 Å². The molecule has 102 valence electrons. The second-order valence-corrected chi connectivity index (χ2v) is 5.75. The standard InChI is InChI=1S/C11H18N2O4S/c14-9(15)11(1-5-17-6-2-11)12-10(16)13-3-7-18-8-4-13/h1-8H2,(H,12,16)(H,14,15). The molecule has 0 unspecified atom stereocenters. The van der Waals surface area contributed by atoms with Crippen LogP contribution in [0.4, 0.5) is 4.79 Å². The lowest BCUT2D eigenvalue weighted by molar-refractivity contribution is -0.148. The van der Waals surface area contributed by atoms with E-state index >= 15 is 0 Å². The highest BCUT2D eigenvalue weighted by atomic mass is 32.2. The Morgan fingerprint density at radius 2 is 1.83 bits per heavy atom. The van der Waals surface area contributed by atoms with Crippen LogP contribution in [0.2, 0.25) is 0 Å². The number of amides is 2. The molecule has 7 heteroatoms. The summed E-state index contributed by atoms with van der Waals surface area (Å²) in [4.78, 5) is 25.2. The minimum absolute atomic E-state index is 0.264. The van der Waals surface area contributed by atoms with Crippen molar-refractivity contribution in [2.45, 2.75) is 18.4 Å². The quantitative estimate of drug-likeness (QED) is 0.761. The molecule has 0 spiro atoms. The van der Waals surface area contributed by atoms with Crippen LogP contribution in [0.25, 0.3) is 0 Å². The Kier molecular flexibility index (Phi) is 4.34. The fourth-order valence-corrected chi connectivity index (χ4v) is 3.07. The molecule has 0 saturated carbocycles. The van der Waals surface area contributed by atoms with Crippen molar-refractivity contribution in [3.05, 3.63) is 0 Å². The van der Waals surface area contributed by atoms with E-state index in [-0.39, 0.29) is 6.03 Å². The number of ether oxygens (including phenoxy) is 1. The van der Waals surface area contributed by atoms with Crippen LogP contribution in [0.3, 0.4) is 0 Å². The van der Waals surface area contributed by atoms with E-state index in [9.17, 15) is 14.7 Å². The molecule has 2 heterocycles. The third kappa shape index (κ3) is 2.89. The van der Waals surface area contributed by atoms with Crippen molar-refractivity contribution < 1.29 is 19.4 Å². The van der Waals surface area contributed by atoms with E-state index in [1.54, 1.807) is 4.90 Å². The molecular formula is C11H18N2O4S. The summed E-state index contributed by atoms with van der Waals surface area (Å²) in [6.45, 7) is 2.12. The number of carbonyl (C=O) groups is 2. The van der Waals surface area contributed by atoms with E-state index in [0.717, 1.165) is 11.5 Å². The average Bonchev–Trinajstić information content (AvgIpc) is 2.40. The first-order valence-corrected chi connectivity index (χ1v) is 7.25. The van der Waals surface area contributed by atoms with E-state index in [1.807, 2.05) is 11.8 Å². The molecule has 2 saturated heterocycles. The second kappa shape index (κ2) is 5.79. The Bertz CT molecular complexity index is 325. The Morgan fingerprint density at radius 3 is 2.39 bits per heavy atom. The topological polar surface area (TPSA) is 78.9 Å². The predicted molar refractivity (Wildman–Crippen MR) is 67.8 cm³/mol. The Balaban J connectivity index is 1.99. The SMILES string of the molecule is O=C(NC1(C(=O)O)CCOCC1)N1CCSCC1. The fourth-order valence-electron chi connectivity index (χ4n) is 2.16. The van der Waals surface area contributed by atoms with Gasteiger partial charge in [-0.2, -0.15) is 11.8 Å². The molecule has 18 heavy (non-hydrogen) atoms. The summed E-state index contributed by atoms with van der Waals surface area (Å²) < 4.78 is 5.17. The minimum atomic E-state index is -1.15. The molecular weight excluding hydrogens is 256 g/mol. The van der Waals surface area contributed by atoms with E-state index in [2.05, 4.69) is 5.32 Å². The van der Waals surface area contributed by atoms with Gasteiger partial charge in [-0.15, -0.1) is 0 Å². The number of carboxylic acid groups (broad SMARTS) is 1. The second-order valence-electron chi connectivity index (χ2n) is 4.53. The Morgan fingerprint density at radius 1 is 1.22 bits per heavy atom. The molecule has 0 radical (unpaired) electrons. The van der Waals surface area contributed by atoms with Crippen LogP contribution < -0.4 is 5.32 Å². The van der Waals surface area contributed by atoms with Gasteiger partial charge in [-0.1, -0.05) is 0 Å². The van der Waals surface area contributed by atoms with Gasteiger partial charge >= 0.3 is 12.0 Å². The molecule has 2 rings (SSSR count). The maximum Gasteiger partial charge on any atom is 0.329 e. The number of hydrogen-bond acceptors (Lipinski definition) is 4. The molecule has 0 aromatic heterocycles. The number of carboxylic acids is 1. The third-order valence-electron chi connectivity index (χ3n) is 3.40. The van der Waals surface area contributed by atoms with Gasteiger partial charge in [-0.25, -0.2) is 9.59 Å². The number of carbonyl (C=O) groups excluding carboxylic acids is 1. The molecule has 6 nitrogen and oxygen atoms in total. The molecule has 0 atom stereocenters. The Hall–Kier alpha value is -0.950. The molecule has 2 aliphatic heterocycles. The fraction of sp³-hybridized carbons (Fsp3) is 0.818. The van der Waals surface area contributed by atoms with Crippen LogP contribution in [-0.2, 0) is 9.53 Å². The van der Waals surface area contributed by atoms with E-state index in [0.29, 0.717) is 39.1 Å². The molecule has 0 aromatic carbocycles. The lowest BCUT2D eigenvalue weighted by Crippen LogP contribution is -2.60. The minimum Gasteiger partial charge on any atom is -0.480 e. The maximum absolute atomic E-state index is 12.1. The van der Waals surface area contributed by atoms with Crippen LogP contribution in [0.5, 0.6) is 0 Å². The van der Waals surface area contributed by atoms with Gasteiger partial charge in [-0.05, 0) is 0 Å². The first kappa shape index (κ1) is 13.5. The summed E-state index contributed by atoms with van der Waals surface area (Å²) in [7, 11) is 0. The predicted octanol–water partition coefficient (Wildman–Crippen LogP) is 0.379. The average molecular weight is 274 g/mol. The zero-order chi connectivity index (χ0) is 13.0. The van der Waals surface area contributed by atoms with Gasteiger partial charge in [0, 0.05) is 50.7 Å². The molecule has 0 aliphatic carbocycles. The number of aliphatic carboxylic acids is 1. The smallest absolute Gasteiger partial charge is 0.329 e. The summed E-state index contributed by atoms with van der Waals surface area (Å²) in [5.74, 6) is 0.859. The molecule has 2 aliphatic rings. The lowest BCUT2D eigenvalue weighted by atomic mass is 9.90. The maximum atomic E-state index is 12.1. The summed E-state index contributed by atoms with van der Waals surface area (Å²) in [5, 5.41) is 12.0. The number of nitrogens with zero attached hydrogens (tertiary/aromatic N) is 1. The van der Waals surface area contributed by atoms with Crippen LogP contribution in [0.15, 0.2) is 0 Å². The normalized spacial score (nSPS) is 23.4. The van der Waals surface area contributed by atoms with Crippen LogP contribution >= 0.6 is 11.8 Å². The first-order chi connectivity index (χ1) is 8.64. The highest BCUT2D eigenvalue weighted by Gasteiger charge is 2.42.